The lowest BCUT2D eigenvalue weighted by Crippen LogP contribution is -2.47. The third-order valence-electron chi connectivity index (χ3n) is 5.11. The van der Waals surface area contributed by atoms with Gasteiger partial charge in [-0.25, -0.2) is 9.78 Å². The molecule has 1 saturated carbocycles. The number of carbonyl (C=O) groups is 2. The average molecular weight is 339 g/mol. The topological polar surface area (TPSA) is 65.1 Å². The van der Waals surface area contributed by atoms with Crippen LogP contribution in [0.4, 0.5) is 0 Å². The van der Waals surface area contributed by atoms with E-state index in [2.05, 4.69) is 20.8 Å². The number of nitrogens with zero attached hydrogens (tertiary/aromatic N) is 1. The fourth-order valence-corrected chi connectivity index (χ4v) is 3.60. The summed E-state index contributed by atoms with van der Waals surface area (Å²) in [6.45, 7) is 8.32. The molecule has 0 spiro atoms. The molecule has 6 nitrogen and oxygen atoms in total. The lowest BCUT2D eigenvalue weighted by Gasteiger charge is -2.37. The van der Waals surface area contributed by atoms with Gasteiger partial charge >= 0.3 is 0 Å². The highest BCUT2D eigenvalue weighted by Gasteiger charge is 2.37. The van der Waals surface area contributed by atoms with E-state index in [1.165, 1.54) is 25.7 Å². The predicted molar refractivity (Wildman–Crippen MR) is 88.6 cm³/mol. The Labute approximate surface area is 144 Å². The molecule has 24 heavy (non-hydrogen) atoms. The summed E-state index contributed by atoms with van der Waals surface area (Å²) < 4.78 is 5.31. The van der Waals surface area contributed by atoms with Gasteiger partial charge in [0.2, 0.25) is 6.29 Å². The highest BCUT2D eigenvalue weighted by atomic mass is 17.2. The number of ether oxygens (including phenoxy) is 1. The Morgan fingerprint density at radius 3 is 2.29 bits per heavy atom. The lowest BCUT2D eigenvalue weighted by atomic mass is 9.75. The van der Waals surface area contributed by atoms with Crippen LogP contribution in [-0.2, 0) is 24.1 Å². The molecule has 0 aromatic rings. The number of hydrogen-bond acceptors (Lipinski definition) is 5. The first-order chi connectivity index (χ1) is 11.3. The zero-order chi connectivity index (χ0) is 17.9. The van der Waals surface area contributed by atoms with Crippen LogP contribution in [0.1, 0.15) is 47.0 Å². The van der Waals surface area contributed by atoms with Crippen LogP contribution in [-0.4, -0.2) is 42.3 Å². The summed E-state index contributed by atoms with van der Waals surface area (Å²) in [7, 11) is 1.48. The third kappa shape index (κ3) is 4.23. The van der Waals surface area contributed by atoms with E-state index in [9.17, 15) is 9.59 Å². The van der Waals surface area contributed by atoms with E-state index >= 15 is 0 Å². The maximum atomic E-state index is 11.8. The molecule has 0 aromatic heterocycles. The van der Waals surface area contributed by atoms with Crippen molar-refractivity contribution >= 4 is 11.8 Å². The van der Waals surface area contributed by atoms with E-state index in [4.69, 9.17) is 14.5 Å². The van der Waals surface area contributed by atoms with Gasteiger partial charge in [0.05, 0.1) is 12.1 Å². The van der Waals surface area contributed by atoms with Gasteiger partial charge in [-0.1, -0.05) is 27.2 Å². The molecule has 1 heterocycles. The lowest BCUT2D eigenvalue weighted by molar-refractivity contribution is -0.412. The van der Waals surface area contributed by atoms with E-state index in [1.54, 1.807) is 6.92 Å². The molecule has 2 amide bonds. The Balaban J connectivity index is 1.96. The summed E-state index contributed by atoms with van der Waals surface area (Å²) in [5.74, 6) is 0.827. The molecular weight excluding hydrogens is 310 g/mol. The normalized spacial score (nSPS) is 30.2. The van der Waals surface area contributed by atoms with Gasteiger partial charge in [0, 0.05) is 19.3 Å². The molecule has 1 aliphatic carbocycles. The summed E-state index contributed by atoms with van der Waals surface area (Å²) >= 11 is 0. The van der Waals surface area contributed by atoms with Crippen LogP contribution in [0.2, 0.25) is 0 Å². The molecule has 5 unspecified atom stereocenters. The molecule has 1 fully saturated rings. The quantitative estimate of drug-likeness (QED) is 0.309. The van der Waals surface area contributed by atoms with Gasteiger partial charge in [-0.05, 0) is 37.5 Å². The first-order valence-electron chi connectivity index (χ1n) is 8.75. The van der Waals surface area contributed by atoms with Crippen LogP contribution < -0.4 is 0 Å². The molecule has 5 atom stereocenters. The SMILES string of the molecule is COC(OOC1CC(C)CCC1C(C)C)C(C)N1C(=O)C=CC1=O. The van der Waals surface area contributed by atoms with Crippen LogP contribution in [0.3, 0.4) is 0 Å². The molecule has 0 bridgehead atoms. The Bertz CT molecular complexity index is 472. The summed E-state index contributed by atoms with van der Waals surface area (Å²) in [4.78, 5) is 36.0. The Kier molecular flexibility index (Phi) is 6.54. The van der Waals surface area contributed by atoms with E-state index in [-0.39, 0.29) is 17.9 Å². The van der Waals surface area contributed by atoms with Crippen molar-refractivity contribution in [1.29, 1.82) is 0 Å². The van der Waals surface area contributed by atoms with Crippen molar-refractivity contribution < 1.29 is 24.1 Å². The Hall–Kier alpha value is -1.24. The van der Waals surface area contributed by atoms with Crippen molar-refractivity contribution in [2.75, 3.05) is 7.11 Å². The largest absolute Gasteiger partial charge is 0.351 e. The van der Waals surface area contributed by atoms with Crippen LogP contribution in [0, 0.1) is 17.8 Å². The molecule has 136 valence electrons. The maximum Gasteiger partial charge on any atom is 0.254 e. The molecule has 2 rings (SSSR count). The Morgan fingerprint density at radius 1 is 1.12 bits per heavy atom. The van der Waals surface area contributed by atoms with Gasteiger partial charge in [0.25, 0.3) is 11.8 Å². The van der Waals surface area contributed by atoms with Gasteiger partial charge < -0.3 is 4.74 Å². The molecule has 0 radical (unpaired) electrons. The molecular formula is C18H29NO5. The van der Waals surface area contributed by atoms with Gasteiger partial charge in [-0.15, -0.1) is 0 Å². The molecule has 6 heteroatoms. The van der Waals surface area contributed by atoms with Crippen LogP contribution in [0.25, 0.3) is 0 Å². The molecule has 0 saturated heterocycles. The summed E-state index contributed by atoms with van der Waals surface area (Å²) in [5, 5.41) is 0. The van der Waals surface area contributed by atoms with Crippen molar-refractivity contribution in [1.82, 2.24) is 4.90 Å². The van der Waals surface area contributed by atoms with E-state index in [0.29, 0.717) is 17.8 Å². The first kappa shape index (κ1) is 19.1. The van der Waals surface area contributed by atoms with Crippen molar-refractivity contribution in [3.05, 3.63) is 12.2 Å². The van der Waals surface area contributed by atoms with Crippen molar-refractivity contribution in [2.24, 2.45) is 17.8 Å². The maximum absolute atomic E-state index is 11.8. The van der Waals surface area contributed by atoms with E-state index in [0.717, 1.165) is 17.7 Å². The molecule has 0 N–H and O–H groups in total. The number of hydrogen-bond donors (Lipinski definition) is 0. The number of rotatable bonds is 7. The third-order valence-corrected chi connectivity index (χ3v) is 5.11. The highest BCUT2D eigenvalue weighted by Crippen LogP contribution is 2.35. The Morgan fingerprint density at radius 2 is 1.75 bits per heavy atom. The van der Waals surface area contributed by atoms with Crippen LogP contribution >= 0.6 is 0 Å². The van der Waals surface area contributed by atoms with Crippen LogP contribution in [0.5, 0.6) is 0 Å². The van der Waals surface area contributed by atoms with Gasteiger partial charge in [-0.2, -0.15) is 0 Å². The minimum Gasteiger partial charge on any atom is -0.351 e. The minimum absolute atomic E-state index is 0.00158. The number of carbonyl (C=O) groups excluding carboxylic acids is 2. The fourth-order valence-electron chi connectivity index (χ4n) is 3.60. The van der Waals surface area contributed by atoms with Crippen molar-refractivity contribution in [2.45, 2.75) is 65.4 Å². The van der Waals surface area contributed by atoms with Crippen molar-refractivity contribution in [3.8, 4) is 0 Å². The smallest absolute Gasteiger partial charge is 0.254 e. The summed E-state index contributed by atoms with van der Waals surface area (Å²) in [6, 6.07) is -0.566. The zero-order valence-corrected chi connectivity index (χ0v) is 15.2. The summed E-state index contributed by atoms with van der Waals surface area (Å²) in [6.07, 6.45) is 4.96. The second-order valence-corrected chi connectivity index (χ2v) is 7.28. The predicted octanol–water partition coefficient (Wildman–Crippen LogP) is 2.68. The minimum atomic E-state index is -0.817. The van der Waals surface area contributed by atoms with E-state index in [1.807, 2.05) is 0 Å². The zero-order valence-electron chi connectivity index (χ0n) is 15.2. The number of methoxy groups -OCH3 is 1. The van der Waals surface area contributed by atoms with Gasteiger partial charge in [0.15, 0.2) is 0 Å². The average Bonchev–Trinajstić information content (AvgIpc) is 2.86. The second kappa shape index (κ2) is 8.23. The second-order valence-electron chi connectivity index (χ2n) is 7.28. The number of imide groups is 1. The highest BCUT2D eigenvalue weighted by molar-refractivity contribution is 6.13. The first-order valence-corrected chi connectivity index (χ1v) is 8.75. The van der Waals surface area contributed by atoms with E-state index < -0.39 is 12.3 Å². The number of amides is 2. The van der Waals surface area contributed by atoms with Crippen molar-refractivity contribution in [3.63, 3.8) is 0 Å². The monoisotopic (exact) mass is 339 g/mol. The standard InChI is InChI=1S/C18H29NO5/c1-11(2)14-7-6-12(3)10-15(14)23-24-18(22-5)13(4)19-16(20)8-9-17(19)21/h8-9,11-15,18H,6-7,10H2,1-5H3. The molecule has 0 aromatic carbocycles. The summed E-state index contributed by atoms with van der Waals surface area (Å²) in [5.41, 5.74) is 0. The van der Waals surface area contributed by atoms with Gasteiger partial charge in [-0.3, -0.25) is 14.5 Å². The molecule has 2 aliphatic rings. The molecule has 1 aliphatic heterocycles. The van der Waals surface area contributed by atoms with Gasteiger partial charge in [0.1, 0.15) is 0 Å². The van der Waals surface area contributed by atoms with Crippen LogP contribution in [0.15, 0.2) is 12.2 Å². The fraction of sp³-hybridized carbons (Fsp3) is 0.778.